The molecule has 0 saturated heterocycles. The van der Waals surface area contributed by atoms with Crippen LogP contribution in [-0.4, -0.2) is 35.6 Å². The molecule has 0 unspecified atom stereocenters. The zero-order chi connectivity index (χ0) is 17.4. The van der Waals surface area contributed by atoms with Gasteiger partial charge in [-0.05, 0) is 23.6 Å². The quantitative estimate of drug-likeness (QED) is 0.677. The Morgan fingerprint density at radius 1 is 1.08 bits per heavy atom. The van der Waals surface area contributed by atoms with Gasteiger partial charge in [0.2, 0.25) is 0 Å². The number of benzene rings is 1. The first kappa shape index (κ1) is 18.0. The van der Waals surface area contributed by atoms with Crippen molar-refractivity contribution in [1.29, 1.82) is 0 Å². The van der Waals surface area contributed by atoms with E-state index >= 15 is 0 Å². The predicted octanol–water partition coefficient (Wildman–Crippen LogP) is 2.55. The van der Waals surface area contributed by atoms with Crippen LogP contribution in [0, 0.1) is 0 Å². The Morgan fingerprint density at radius 3 is 2.46 bits per heavy atom. The standard InChI is InChI=1S/C18H21N3O2S/c1-2-8-19-18(23)16-11-14(13-6-4-3-5-7-13)15(12-21-16)17(22)20-9-10-24/h3-7,11-12,24H,2,8-10H2,1H3,(H,19,23)(H,20,22). The fourth-order valence-corrected chi connectivity index (χ4v) is 2.32. The van der Waals surface area contributed by atoms with Crippen LogP contribution in [0.4, 0.5) is 0 Å². The summed E-state index contributed by atoms with van der Waals surface area (Å²) < 4.78 is 0. The normalized spacial score (nSPS) is 10.2. The van der Waals surface area contributed by atoms with E-state index in [-0.39, 0.29) is 11.8 Å². The molecule has 0 aliphatic heterocycles. The summed E-state index contributed by atoms with van der Waals surface area (Å²) in [5, 5.41) is 5.58. The van der Waals surface area contributed by atoms with Gasteiger partial charge in [-0.25, -0.2) is 0 Å². The highest BCUT2D eigenvalue weighted by Gasteiger charge is 2.16. The minimum absolute atomic E-state index is 0.226. The molecule has 5 nitrogen and oxygen atoms in total. The molecule has 24 heavy (non-hydrogen) atoms. The molecule has 2 N–H and O–H groups in total. The first-order valence-corrected chi connectivity index (χ1v) is 8.53. The fourth-order valence-electron chi connectivity index (χ4n) is 2.21. The van der Waals surface area contributed by atoms with Crippen molar-refractivity contribution in [2.45, 2.75) is 13.3 Å². The minimum Gasteiger partial charge on any atom is -0.351 e. The molecular weight excluding hydrogens is 322 g/mol. The van der Waals surface area contributed by atoms with Gasteiger partial charge >= 0.3 is 0 Å². The van der Waals surface area contributed by atoms with Crippen molar-refractivity contribution in [2.24, 2.45) is 0 Å². The number of aromatic nitrogens is 1. The number of hydrogen-bond acceptors (Lipinski definition) is 4. The third-order valence-electron chi connectivity index (χ3n) is 3.40. The van der Waals surface area contributed by atoms with E-state index in [2.05, 4.69) is 28.2 Å². The zero-order valence-electron chi connectivity index (χ0n) is 13.6. The van der Waals surface area contributed by atoms with Gasteiger partial charge in [0.05, 0.1) is 5.56 Å². The molecule has 2 aromatic rings. The lowest BCUT2D eigenvalue weighted by atomic mass is 10.00. The van der Waals surface area contributed by atoms with Crippen LogP contribution in [0.25, 0.3) is 11.1 Å². The van der Waals surface area contributed by atoms with Gasteiger partial charge in [0, 0.05) is 25.0 Å². The monoisotopic (exact) mass is 343 g/mol. The summed E-state index contributed by atoms with van der Waals surface area (Å²) in [7, 11) is 0. The molecule has 6 heteroatoms. The number of carbonyl (C=O) groups excluding carboxylic acids is 2. The predicted molar refractivity (Wildman–Crippen MR) is 98.5 cm³/mol. The van der Waals surface area contributed by atoms with Gasteiger partial charge in [0.25, 0.3) is 11.8 Å². The first-order chi connectivity index (χ1) is 11.7. The van der Waals surface area contributed by atoms with E-state index in [4.69, 9.17) is 0 Å². The number of amides is 2. The highest BCUT2D eigenvalue weighted by Crippen LogP contribution is 2.24. The maximum Gasteiger partial charge on any atom is 0.269 e. The largest absolute Gasteiger partial charge is 0.351 e. The van der Waals surface area contributed by atoms with Gasteiger partial charge in [-0.1, -0.05) is 37.3 Å². The fraction of sp³-hybridized carbons (Fsp3) is 0.278. The van der Waals surface area contributed by atoms with Crippen molar-refractivity contribution in [2.75, 3.05) is 18.8 Å². The Kier molecular flexibility index (Phi) is 6.81. The third kappa shape index (κ3) is 4.58. The molecule has 0 bridgehead atoms. The number of hydrogen-bond donors (Lipinski definition) is 3. The zero-order valence-corrected chi connectivity index (χ0v) is 14.5. The summed E-state index contributed by atoms with van der Waals surface area (Å²) in [5.74, 6) is 0.0874. The van der Waals surface area contributed by atoms with E-state index in [1.165, 1.54) is 6.20 Å². The first-order valence-electron chi connectivity index (χ1n) is 7.90. The average molecular weight is 343 g/mol. The SMILES string of the molecule is CCCNC(=O)c1cc(-c2ccccc2)c(C(=O)NCCS)cn1. The average Bonchev–Trinajstić information content (AvgIpc) is 2.64. The highest BCUT2D eigenvalue weighted by atomic mass is 32.1. The lowest BCUT2D eigenvalue weighted by Gasteiger charge is -2.12. The molecule has 2 amide bonds. The van der Waals surface area contributed by atoms with E-state index in [9.17, 15) is 9.59 Å². The summed E-state index contributed by atoms with van der Waals surface area (Å²) >= 11 is 4.10. The lowest BCUT2D eigenvalue weighted by Crippen LogP contribution is -2.27. The molecular formula is C18H21N3O2S. The molecule has 1 aromatic heterocycles. The number of carbonyl (C=O) groups is 2. The smallest absolute Gasteiger partial charge is 0.269 e. The second-order valence-corrected chi connectivity index (χ2v) is 5.66. The molecule has 2 rings (SSSR count). The summed E-state index contributed by atoms with van der Waals surface area (Å²) in [6, 6.07) is 11.1. The van der Waals surface area contributed by atoms with Crippen LogP contribution in [0.2, 0.25) is 0 Å². The Morgan fingerprint density at radius 2 is 1.79 bits per heavy atom. The van der Waals surface area contributed by atoms with Gasteiger partial charge in [0.1, 0.15) is 5.69 Å². The maximum absolute atomic E-state index is 12.4. The van der Waals surface area contributed by atoms with Crippen molar-refractivity contribution in [1.82, 2.24) is 15.6 Å². The third-order valence-corrected chi connectivity index (χ3v) is 3.62. The molecule has 0 fully saturated rings. The van der Waals surface area contributed by atoms with E-state index in [0.717, 1.165) is 12.0 Å². The van der Waals surface area contributed by atoms with E-state index in [1.54, 1.807) is 6.07 Å². The Balaban J connectivity index is 2.40. The lowest BCUT2D eigenvalue weighted by molar-refractivity contribution is 0.0939. The maximum atomic E-state index is 12.4. The van der Waals surface area contributed by atoms with Crippen LogP contribution in [-0.2, 0) is 0 Å². The van der Waals surface area contributed by atoms with E-state index < -0.39 is 0 Å². The summed E-state index contributed by atoms with van der Waals surface area (Å²) in [5.41, 5.74) is 2.28. The van der Waals surface area contributed by atoms with E-state index in [1.807, 2.05) is 37.3 Å². The Hall–Kier alpha value is -2.34. The van der Waals surface area contributed by atoms with Gasteiger partial charge in [-0.3, -0.25) is 14.6 Å². The molecule has 126 valence electrons. The molecule has 0 radical (unpaired) electrons. The van der Waals surface area contributed by atoms with Crippen LogP contribution >= 0.6 is 12.6 Å². The van der Waals surface area contributed by atoms with Crippen LogP contribution in [0.1, 0.15) is 34.2 Å². The molecule has 1 aromatic carbocycles. The second-order valence-electron chi connectivity index (χ2n) is 5.22. The molecule has 1 heterocycles. The topological polar surface area (TPSA) is 71.1 Å². The highest BCUT2D eigenvalue weighted by molar-refractivity contribution is 7.80. The Labute approximate surface area is 147 Å². The van der Waals surface area contributed by atoms with Gasteiger partial charge in [-0.2, -0.15) is 12.6 Å². The number of nitrogens with zero attached hydrogens (tertiary/aromatic N) is 1. The van der Waals surface area contributed by atoms with Crippen molar-refractivity contribution in [3.05, 3.63) is 53.9 Å². The molecule has 0 aliphatic carbocycles. The minimum atomic E-state index is -0.239. The number of thiol groups is 1. The van der Waals surface area contributed by atoms with Crippen LogP contribution in [0.5, 0.6) is 0 Å². The van der Waals surface area contributed by atoms with Crippen LogP contribution in [0.3, 0.4) is 0 Å². The molecule has 0 aliphatic rings. The van der Waals surface area contributed by atoms with Crippen LogP contribution < -0.4 is 10.6 Å². The van der Waals surface area contributed by atoms with Gasteiger partial charge < -0.3 is 10.6 Å². The second kappa shape index (κ2) is 9.08. The summed E-state index contributed by atoms with van der Waals surface area (Å²) in [6.07, 6.45) is 2.30. The molecule has 0 saturated carbocycles. The van der Waals surface area contributed by atoms with Gasteiger partial charge in [0.15, 0.2) is 0 Å². The molecule has 0 atom stereocenters. The van der Waals surface area contributed by atoms with Gasteiger partial charge in [-0.15, -0.1) is 0 Å². The van der Waals surface area contributed by atoms with Crippen LogP contribution in [0.15, 0.2) is 42.6 Å². The Bertz CT molecular complexity index is 705. The molecule has 0 spiro atoms. The van der Waals surface area contributed by atoms with Crippen molar-refractivity contribution >= 4 is 24.4 Å². The number of nitrogens with one attached hydrogen (secondary N) is 2. The summed E-state index contributed by atoms with van der Waals surface area (Å²) in [4.78, 5) is 28.7. The van der Waals surface area contributed by atoms with Crippen molar-refractivity contribution in [3.8, 4) is 11.1 Å². The van der Waals surface area contributed by atoms with Crippen molar-refractivity contribution < 1.29 is 9.59 Å². The van der Waals surface area contributed by atoms with E-state index in [0.29, 0.717) is 35.7 Å². The number of pyridine rings is 1. The number of rotatable bonds is 7. The van der Waals surface area contributed by atoms with Crippen molar-refractivity contribution in [3.63, 3.8) is 0 Å². The summed E-state index contributed by atoms with van der Waals surface area (Å²) in [6.45, 7) is 3.04.